The monoisotopic (exact) mass is 340 g/mol. The number of rotatable bonds is 7. The molecule has 0 radical (unpaired) electrons. The zero-order valence-electron chi connectivity index (χ0n) is 15.1. The van der Waals surface area contributed by atoms with Crippen LogP contribution in [-0.2, 0) is 0 Å². The first-order valence-electron chi connectivity index (χ1n) is 8.37. The third-order valence-corrected chi connectivity index (χ3v) is 3.68. The van der Waals surface area contributed by atoms with Gasteiger partial charge in [0, 0.05) is 11.1 Å². The highest BCUT2D eigenvalue weighted by atomic mass is 16.5. The first-order chi connectivity index (χ1) is 12.1. The Morgan fingerprint density at radius 2 is 1.72 bits per heavy atom. The van der Waals surface area contributed by atoms with Gasteiger partial charge in [-0.15, -0.1) is 0 Å². The second-order valence-electron chi connectivity index (χ2n) is 5.48. The third kappa shape index (κ3) is 4.83. The van der Waals surface area contributed by atoms with Crippen LogP contribution in [0.3, 0.4) is 0 Å². The summed E-state index contributed by atoms with van der Waals surface area (Å²) in [4.78, 5) is 12.2. The van der Waals surface area contributed by atoms with E-state index in [-0.39, 0.29) is 5.91 Å². The molecule has 1 N–H and O–H groups in total. The van der Waals surface area contributed by atoms with Crippen molar-refractivity contribution < 1.29 is 14.3 Å². The van der Waals surface area contributed by atoms with E-state index >= 15 is 0 Å². The lowest BCUT2D eigenvalue weighted by atomic mass is 10.1. The molecule has 0 atom stereocenters. The van der Waals surface area contributed by atoms with Crippen LogP contribution in [0, 0.1) is 6.92 Å². The Labute approximate surface area is 148 Å². The van der Waals surface area contributed by atoms with Crippen LogP contribution in [0.4, 0.5) is 0 Å². The van der Waals surface area contributed by atoms with E-state index in [0.29, 0.717) is 36.0 Å². The molecule has 0 aliphatic heterocycles. The van der Waals surface area contributed by atoms with Gasteiger partial charge < -0.3 is 9.47 Å². The molecule has 0 fully saturated rings. The van der Waals surface area contributed by atoms with Crippen LogP contribution in [0.2, 0.25) is 0 Å². The van der Waals surface area contributed by atoms with E-state index in [9.17, 15) is 4.79 Å². The Morgan fingerprint density at radius 1 is 1.04 bits per heavy atom. The average molecular weight is 340 g/mol. The van der Waals surface area contributed by atoms with Crippen molar-refractivity contribution in [2.24, 2.45) is 5.10 Å². The summed E-state index contributed by atoms with van der Waals surface area (Å²) in [6.07, 6.45) is 0. The summed E-state index contributed by atoms with van der Waals surface area (Å²) in [6, 6.07) is 13.0. The molecule has 0 aliphatic carbocycles. The summed E-state index contributed by atoms with van der Waals surface area (Å²) in [6.45, 7) is 8.70. The van der Waals surface area contributed by atoms with Crippen LogP contribution in [0.1, 0.15) is 42.3 Å². The number of hydrogen-bond donors (Lipinski definition) is 1. The van der Waals surface area contributed by atoms with Gasteiger partial charge in [-0.2, -0.15) is 5.10 Å². The molecule has 5 heteroatoms. The second-order valence-corrected chi connectivity index (χ2v) is 5.48. The maximum Gasteiger partial charge on any atom is 0.271 e. The fraction of sp³-hybridized carbons (Fsp3) is 0.300. The molecule has 0 unspecified atom stereocenters. The minimum absolute atomic E-state index is 0.228. The highest BCUT2D eigenvalue weighted by Crippen LogP contribution is 2.28. The van der Waals surface area contributed by atoms with Gasteiger partial charge in [-0.1, -0.05) is 18.2 Å². The molecule has 0 aromatic heterocycles. The SMILES string of the molecule is CCOc1ccc(/C(C)=N\NC(=O)c2ccccc2C)cc1OCC. The van der Waals surface area contributed by atoms with Crippen LogP contribution in [0.5, 0.6) is 11.5 Å². The van der Waals surface area contributed by atoms with Crippen molar-refractivity contribution in [1.29, 1.82) is 0 Å². The molecule has 132 valence electrons. The van der Waals surface area contributed by atoms with Crippen molar-refractivity contribution in [3.63, 3.8) is 0 Å². The Hall–Kier alpha value is -2.82. The predicted molar refractivity (Wildman–Crippen MR) is 99.6 cm³/mol. The van der Waals surface area contributed by atoms with E-state index in [0.717, 1.165) is 11.1 Å². The quantitative estimate of drug-likeness (QED) is 0.613. The summed E-state index contributed by atoms with van der Waals surface area (Å²) in [7, 11) is 0. The number of benzene rings is 2. The van der Waals surface area contributed by atoms with Crippen LogP contribution in [-0.4, -0.2) is 24.8 Å². The van der Waals surface area contributed by atoms with E-state index in [1.54, 1.807) is 6.07 Å². The molecule has 0 aliphatic rings. The second kappa shape index (κ2) is 8.87. The van der Waals surface area contributed by atoms with Gasteiger partial charge in [0.05, 0.1) is 18.9 Å². The topological polar surface area (TPSA) is 59.9 Å². The molecule has 2 rings (SSSR count). The molecule has 0 heterocycles. The number of nitrogens with zero attached hydrogens (tertiary/aromatic N) is 1. The molecule has 0 saturated carbocycles. The lowest BCUT2D eigenvalue weighted by Crippen LogP contribution is -2.20. The van der Waals surface area contributed by atoms with Gasteiger partial charge in [0.1, 0.15) is 0 Å². The number of hydrogen-bond acceptors (Lipinski definition) is 4. The maximum absolute atomic E-state index is 12.2. The van der Waals surface area contributed by atoms with Crippen molar-refractivity contribution in [2.45, 2.75) is 27.7 Å². The summed E-state index contributed by atoms with van der Waals surface area (Å²) >= 11 is 0. The van der Waals surface area contributed by atoms with Crippen molar-refractivity contribution in [1.82, 2.24) is 5.43 Å². The van der Waals surface area contributed by atoms with Gasteiger partial charge in [-0.25, -0.2) is 5.43 Å². The van der Waals surface area contributed by atoms with Gasteiger partial charge in [0.2, 0.25) is 0 Å². The summed E-state index contributed by atoms with van der Waals surface area (Å²) < 4.78 is 11.2. The number of hydrazone groups is 1. The Morgan fingerprint density at radius 3 is 2.40 bits per heavy atom. The van der Waals surface area contributed by atoms with Crippen molar-refractivity contribution in [3.05, 3.63) is 59.2 Å². The molecular formula is C20H24N2O3. The zero-order valence-corrected chi connectivity index (χ0v) is 15.1. The Bertz CT molecular complexity index is 769. The zero-order chi connectivity index (χ0) is 18.2. The highest BCUT2D eigenvalue weighted by Gasteiger charge is 2.10. The van der Waals surface area contributed by atoms with E-state index in [4.69, 9.17) is 9.47 Å². The number of aryl methyl sites for hydroxylation is 1. The molecule has 0 saturated heterocycles. The number of ether oxygens (including phenoxy) is 2. The molecule has 2 aromatic carbocycles. The smallest absolute Gasteiger partial charge is 0.271 e. The Balaban J connectivity index is 2.17. The standard InChI is InChI=1S/C20H24N2O3/c1-5-24-18-12-11-16(13-19(18)25-6-2)15(4)21-22-20(23)17-10-8-7-9-14(17)3/h7-13H,5-6H2,1-4H3,(H,22,23)/b21-15-. The molecule has 2 aromatic rings. The minimum Gasteiger partial charge on any atom is -0.490 e. The van der Waals surface area contributed by atoms with Gasteiger partial charge in [-0.3, -0.25) is 4.79 Å². The van der Waals surface area contributed by atoms with Gasteiger partial charge in [0.15, 0.2) is 11.5 Å². The van der Waals surface area contributed by atoms with Crippen molar-refractivity contribution in [2.75, 3.05) is 13.2 Å². The molecule has 0 spiro atoms. The van der Waals surface area contributed by atoms with Gasteiger partial charge >= 0.3 is 0 Å². The minimum atomic E-state index is -0.228. The fourth-order valence-corrected chi connectivity index (χ4v) is 2.36. The summed E-state index contributed by atoms with van der Waals surface area (Å²) in [5.74, 6) is 1.14. The van der Waals surface area contributed by atoms with Gasteiger partial charge in [0.25, 0.3) is 5.91 Å². The summed E-state index contributed by atoms with van der Waals surface area (Å²) in [5, 5.41) is 4.21. The Kier molecular flexibility index (Phi) is 6.57. The van der Waals surface area contributed by atoms with E-state index in [2.05, 4.69) is 10.5 Å². The van der Waals surface area contributed by atoms with Crippen molar-refractivity contribution >= 4 is 11.6 Å². The fourth-order valence-electron chi connectivity index (χ4n) is 2.36. The predicted octanol–water partition coefficient (Wildman–Crippen LogP) is 3.95. The molecule has 0 bridgehead atoms. The van der Waals surface area contributed by atoms with E-state index < -0.39 is 0 Å². The average Bonchev–Trinajstić information content (AvgIpc) is 2.61. The lowest BCUT2D eigenvalue weighted by Gasteiger charge is -2.12. The normalized spacial score (nSPS) is 11.1. The van der Waals surface area contributed by atoms with Crippen LogP contribution >= 0.6 is 0 Å². The number of carbonyl (C=O) groups excluding carboxylic acids is 1. The van der Waals surface area contributed by atoms with E-state index in [1.165, 1.54) is 0 Å². The summed E-state index contributed by atoms with van der Waals surface area (Å²) in [5.41, 5.74) is 5.67. The molecule has 25 heavy (non-hydrogen) atoms. The molecule has 5 nitrogen and oxygen atoms in total. The van der Waals surface area contributed by atoms with Crippen LogP contribution in [0.25, 0.3) is 0 Å². The highest BCUT2D eigenvalue weighted by molar-refractivity contribution is 6.01. The molecule has 1 amide bonds. The van der Waals surface area contributed by atoms with Crippen molar-refractivity contribution in [3.8, 4) is 11.5 Å². The number of nitrogens with one attached hydrogen (secondary N) is 1. The first kappa shape index (κ1) is 18.5. The van der Waals surface area contributed by atoms with Gasteiger partial charge in [-0.05, 0) is 57.5 Å². The molecular weight excluding hydrogens is 316 g/mol. The van der Waals surface area contributed by atoms with Crippen LogP contribution < -0.4 is 14.9 Å². The third-order valence-electron chi connectivity index (χ3n) is 3.68. The maximum atomic E-state index is 12.2. The number of amides is 1. The van der Waals surface area contributed by atoms with Crippen LogP contribution in [0.15, 0.2) is 47.6 Å². The lowest BCUT2D eigenvalue weighted by molar-refractivity contribution is 0.0954. The number of carbonyl (C=O) groups is 1. The van der Waals surface area contributed by atoms with E-state index in [1.807, 2.05) is 64.1 Å². The first-order valence-corrected chi connectivity index (χ1v) is 8.37. The largest absolute Gasteiger partial charge is 0.490 e.